The minimum Gasteiger partial charge on any atom is -0.448 e. The van der Waals surface area contributed by atoms with Gasteiger partial charge in [0.1, 0.15) is 12.1 Å². The molecule has 7 heteroatoms. The Kier molecular flexibility index (Phi) is 4.71. The standard InChI is InChI=1S/C19H23N5O2/c20-19(25)15-11-26-17(23-15)8-10-21-9-7-16-22-14-6-5-12-3-1-2-4-13(12)18(14)24-16/h5-6,11,21H,1-4,7-10H2,(H2,20,25)(H,22,24). The highest BCUT2D eigenvalue weighted by molar-refractivity contribution is 5.90. The van der Waals surface area contributed by atoms with E-state index in [0.29, 0.717) is 18.9 Å². The van der Waals surface area contributed by atoms with Crippen molar-refractivity contribution in [3.63, 3.8) is 0 Å². The summed E-state index contributed by atoms with van der Waals surface area (Å²) in [6, 6.07) is 4.40. The van der Waals surface area contributed by atoms with E-state index in [1.807, 2.05) is 0 Å². The average molecular weight is 353 g/mol. The molecule has 26 heavy (non-hydrogen) atoms. The Bertz CT molecular complexity index is 927. The van der Waals surface area contributed by atoms with Gasteiger partial charge in [-0.2, -0.15) is 0 Å². The second-order valence-corrected chi connectivity index (χ2v) is 6.73. The fourth-order valence-electron chi connectivity index (χ4n) is 3.54. The number of amides is 1. The van der Waals surface area contributed by atoms with E-state index in [1.54, 1.807) is 0 Å². The summed E-state index contributed by atoms with van der Waals surface area (Å²) in [6.45, 7) is 1.53. The largest absolute Gasteiger partial charge is 0.448 e. The number of imidazole rings is 1. The van der Waals surface area contributed by atoms with E-state index in [4.69, 9.17) is 15.1 Å². The van der Waals surface area contributed by atoms with Gasteiger partial charge < -0.3 is 20.5 Å². The molecule has 1 aliphatic carbocycles. The topological polar surface area (TPSA) is 110 Å². The fourth-order valence-corrected chi connectivity index (χ4v) is 3.54. The smallest absolute Gasteiger partial charge is 0.270 e. The molecule has 0 radical (unpaired) electrons. The molecular weight excluding hydrogens is 330 g/mol. The SMILES string of the molecule is NC(=O)c1coc(CCNCCc2nc3c4c(ccc3[nH]2)CCCC4)n1. The summed E-state index contributed by atoms with van der Waals surface area (Å²) in [5.74, 6) is 0.959. The van der Waals surface area contributed by atoms with Crippen molar-refractivity contribution < 1.29 is 9.21 Å². The number of aromatic amines is 1. The number of carbonyl (C=O) groups is 1. The molecule has 1 aliphatic rings. The van der Waals surface area contributed by atoms with Crippen LogP contribution >= 0.6 is 0 Å². The van der Waals surface area contributed by atoms with Crippen LogP contribution in [0.5, 0.6) is 0 Å². The van der Waals surface area contributed by atoms with E-state index in [-0.39, 0.29) is 5.69 Å². The van der Waals surface area contributed by atoms with Crippen LogP contribution in [0, 0.1) is 0 Å². The zero-order valence-corrected chi connectivity index (χ0v) is 14.7. The number of fused-ring (bicyclic) bond motifs is 3. The molecule has 0 bridgehead atoms. The van der Waals surface area contributed by atoms with Crippen molar-refractivity contribution in [1.82, 2.24) is 20.3 Å². The van der Waals surface area contributed by atoms with Crippen LogP contribution in [0.25, 0.3) is 11.0 Å². The van der Waals surface area contributed by atoms with Crippen LogP contribution in [0.3, 0.4) is 0 Å². The van der Waals surface area contributed by atoms with Gasteiger partial charge in [0.2, 0.25) is 0 Å². The summed E-state index contributed by atoms with van der Waals surface area (Å²) in [5, 5.41) is 3.35. The van der Waals surface area contributed by atoms with Crippen LogP contribution in [0.15, 0.2) is 22.8 Å². The van der Waals surface area contributed by atoms with E-state index in [1.165, 1.54) is 36.7 Å². The van der Waals surface area contributed by atoms with E-state index in [0.717, 1.165) is 36.2 Å². The number of carbonyl (C=O) groups excluding carboxylic acids is 1. The highest BCUT2D eigenvalue weighted by Gasteiger charge is 2.15. The number of rotatable bonds is 7. The van der Waals surface area contributed by atoms with E-state index in [9.17, 15) is 4.79 Å². The number of primary amides is 1. The van der Waals surface area contributed by atoms with Gasteiger partial charge in [-0.25, -0.2) is 9.97 Å². The Balaban J connectivity index is 1.30. The lowest BCUT2D eigenvalue weighted by atomic mass is 9.91. The summed E-state index contributed by atoms with van der Waals surface area (Å²) in [6.07, 6.45) is 7.60. The second kappa shape index (κ2) is 7.29. The predicted octanol–water partition coefficient (Wildman–Crippen LogP) is 1.90. The number of benzene rings is 1. The molecule has 0 spiro atoms. The Hall–Kier alpha value is -2.67. The first-order valence-electron chi connectivity index (χ1n) is 9.15. The fraction of sp³-hybridized carbons (Fsp3) is 0.421. The van der Waals surface area contributed by atoms with E-state index in [2.05, 4.69) is 27.4 Å². The number of nitrogens with zero attached hydrogens (tertiary/aromatic N) is 2. The molecule has 7 nitrogen and oxygen atoms in total. The lowest BCUT2D eigenvalue weighted by molar-refractivity contribution is 0.0995. The number of aromatic nitrogens is 3. The second-order valence-electron chi connectivity index (χ2n) is 6.73. The highest BCUT2D eigenvalue weighted by atomic mass is 16.3. The van der Waals surface area contributed by atoms with Gasteiger partial charge in [0, 0.05) is 25.9 Å². The summed E-state index contributed by atoms with van der Waals surface area (Å²) in [5.41, 5.74) is 10.5. The Morgan fingerprint density at radius 1 is 1.19 bits per heavy atom. The highest BCUT2D eigenvalue weighted by Crippen LogP contribution is 2.27. The van der Waals surface area contributed by atoms with Crippen molar-refractivity contribution >= 4 is 16.9 Å². The molecule has 0 aliphatic heterocycles. The molecule has 1 amide bonds. The molecule has 3 aromatic rings. The Morgan fingerprint density at radius 3 is 2.88 bits per heavy atom. The van der Waals surface area contributed by atoms with Crippen LogP contribution in [-0.4, -0.2) is 33.9 Å². The molecule has 136 valence electrons. The third-order valence-electron chi connectivity index (χ3n) is 4.89. The maximum atomic E-state index is 11.0. The van der Waals surface area contributed by atoms with Crippen molar-refractivity contribution in [2.24, 2.45) is 5.73 Å². The minimum atomic E-state index is -0.569. The molecular formula is C19H23N5O2. The van der Waals surface area contributed by atoms with Crippen molar-refractivity contribution in [3.8, 4) is 0 Å². The first-order valence-corrected chi connectivity index (χ1v) is 9.15. The number of hydrogen-bond donors (Lipinski definition) is 3. The van der Waals surface area contributed by atoms with E-state index >= 15 is 0 Å². The molecule has 0 saturated carbocycles. The predicted molar refractivity (Wildman–Crippen MR) is 98.0 cm³/mol. The van der Waals surface area contributed by atoms with Crippen molar-refractivity contribution in [2.75, 3.05) is 13.1 Å². The van der Waals surface area contributed by atoms with Gasteiger partial charge in [-0.15, -0.1) is 0 Å². The van der Waals surface area contributed by atoms with Crippen LogP contribution in [0.4, 0.5) is 0 Å². The molecule has 0 unspecified atom stereocenters. The van der Waals surface area contributed by atoms with Gasteiger partial charge in [0.25, 0.3) is 5.91 Å². The third kappa shape index (κ3) is 3.48. The average Bonchev–Trinajstić information content (AvgIpc) is 3.28. The zero-order chi connectivity index (χ0) is 17.9. The van der Waals surface area contributed by atoms with Crippen molar-refractivity contribution in [1.29, 1.82) is 0 Å². The van der Waals surface area contributed by atoms with Gasteiger partial charge in [-0.05, 0) is 42.9 Å². The number of nitrogens with one attached hydrogen (secondary N) is 2. The molecule has 2 aromatic heterocycles. The molecule has 4 N–H and O–H groups in total. The molecule has 2 heterocycles. The number of nitrogens with two attached hydrogens (primary N) is 1. The van der Waals surface area contributed by atoms with Gasteiger partial charge in [0.05, 0.1) is 11.0 Å². The lowest BCUT2D eigenvalue weighted by Crippen LogP contribution is -2.20. The third-order valence-corrected chi connectivity index (χ3v) is 4.89. The quantitative estimate of drug-likeness (QED) is 0.562. The van der Waals surface area contributed by atoms with Crippen molar-refractivity contribution in [3.05, 3.63) is 46.9 Å². The maximum Gasteiger partial charge on any atom is 0.270 e. The molecule has 0 fully saturated rings. The van der Waals surface area contributed by atoms with Gasteiger partial charge in [-0.3, -0.25) is 4.79 Å². The van der Waals surface area contributed by atoms with Crippen LogP contribution < -0.4 is 11.1 Å². The van der Waals surface area contributed by atoms with Crippen LogP contribution in [0.1, 0.15) is 46.2 Å². The molecule has 0 atom stereocenters. The number of hydrogen-bond acceptors (Lipinski definition) is 5. The number of aryl methyl sites for hydroxylation is 2. The number of H-pyrrole nitrogens is 1. The van der Waals surface area contributed by atoms with Crippen LogP contribution in [-0.2, 0) is 25.7 Å². The molecule has 0 saturated heterocycles. The summed E-state index contributed by atoms with van der Waals surface area (Å²) < 4.78 is 5.21. The lowest BCUT2D eigenvalue weighted by Gasteiger charge is -2.15. The summed E-state index contributed by atoms with van der Waals surface area (Å²) >= 11 is 0. The zero-order valence-electron chi connectivity index (χ0n) is 14.7. The van der Waals surface area contributed by atoms with Crippen molar-refractivity contribution in [2.45, 2.75) is 38.5 Å². The summed E-state index contributed by atoms with van der Waals surface area (Å²) in [4.78, 5) is 23.3. The Morgan fingerprint density at radius 2 is 2.04 bits per heavy atom. The number of oxazole rings is 1. The van der Waals surface area contributed by atoms with E-state index < -0.39 is 5.91 Å². The van der Waals surface area contributed by atoms with Gasteiger partial charge in [-0.1, -0.05) is 6.07 Å². The first kappa shape index (κ1) is 16.8. The van der Waals surface area contributed by atoms with Crippen LogP contribution in [0.2, 0.25) is 0 Å². The minimum absolute atomic E-state index is 0.172. The van der Waals surface area contributed by atoms with Gasteiger partial charge in [0.15, 0.2) is 11.6 Å². The molecule has 1 aromatic carbocycles. The monoisotopic (exact) mass is 353 g/mol. The normalized spacial score (nSPS) is 13.8. The molecule has 4 rings (SSSR count). The van der Waals surface area contributed by atoms with Gasteiger partial charge >= 0.3 is 0 Å². The Labute approximate surface area is 151 Å². The summed E-state index contributed by atoms with van der Waals surface area (Å²) in [7, 11) is 0. The first-order chi connectivity index (χ1) is 12.7. The maximum absolute atomic E-state index is 11.0.